The lowest BCUT2D eigenvalue weighted by Gasteiger charge is -2.18. The maximum atomic E-state index is 12.2. The van der Waals surface area contributed by atoms with E-state index in [9.17, 15) is 13.2 Å². The van der Waals surface area contributed by atoms with Gasteiger partial charge in [0.1, 0.15) is 0 Å². The Hall–Kier alpha value is -2.12. The molecule has 2 aromatic rings. The molecule has 1 aromatic carbocycles. The van der Waals surface area contributed by atoms with Gasteiger partial charge in [-0.1, -0.05) is 11.6 Å². The fourth-order valence-corrected chi connectivity index (χ4v) is 4.11. The van der Waals surface area contributed by atoms with Crippen LogP contribution in [0.15, 0.2) is 42.7 Å². The van der Waals surface area contributed by atoms with Gasteiger partial charge in [-0.05, 0) is 36.8 Å². The molecule has 6 nitrogen and oxygen atoms in total. The minimum absolute atomic E-state index is 0.133. The zero-order chi connectivity index (χ0) is 16.4. The Balaban J connectivity index is 1.88. The SMILES string of the molecule is O=C(Nc1cc(N2CCCS2(=O)=O)ccc1Cl)c1ccncc1. The van der Waals surface area contributed by atoms with Crippen LogP contribution < -0.4 is 9.62 Å². The summed E-state index contributed by atoms with van der Waals surface area (Å²) in [6.45, 7) is 0.432. The van der Waals surface area contributed by atoms with Crippen molar-refractivity contribution < 1.29 is 13.2 Å². The summed E-state index contributed by atoms with van der Waals surface area (Å²) in [5.41, 5.74) is 1.31. The van der Waals surface area contributed by atoms with Crippen molar-refractivity contribution in [1.82, 2.24) is 4.98 Å². The minimum Gasteiger partial charge on any atom is -0.321 e. The van der Waals surface area contributed by atoms with E-state index in [0.717, 1.165) is 0 Å². The molecule has 23 heavy (non-hydrogen) atoms. The fourth-order valence-electron chi connectivity index (χ4n) is 2.39. The summed E-state index contributed by atoms with van der Waals surface area (Å²) in [4.78, 5) is 16.1. The van der Waals surface area contributed by atoms with Gasteiger partial charge in [-0.25, -0.2) is 8.42 Å². The Morgan fingerprint density at radius 2 is 1.96 bits per heavy atom. The molecule has 1 saturated heterocycles. The van der Waals surface area contributed by atoms with Crippen LogP contribution in [-0.2, 0) is 10.0 Å². The highest BCUT2D eigenvalue weighted by Crippen LogP contribution is 2.31. The summed E-state index contributed by atoms with van der Waals surface area (Å²) < 4.78 is 25.3. The van der Waals surface area contributed by atoms with Crippen LogP contribution >= 0.6 is 11.6 Å². The molecule has 2 heterocycles. The molecule has 0 atom stereocenters. The van der Waals surface area contributed by atoms with E-state index < -0.39 is 10.0 Å². The molecule has 0 radical (unpaired) electrons. The zero-order valence-corrected chi connectivity index (χ0v) is 13.6. The van der Waals surface area contributed by atoms with E-state index in [-0.39, 0.29) is 11.7 Å². The quantitative estimate of drug-likeness (QED) is 0.921. The molecule has 1 aliphatic heterocycles. The van der Waals surface area contributed by atoms with E-state index in [1.54, 1.807) is 30.3 Å². The number of hydrogen-bond acceptors (Lipinski definition) is 4. The number of rotatable bonds is 3. The number of pyridine rings is 1. The molecular formula is C15H14ClN3O3S. The van der Waals surface area contributed by atoms with Gasteiger partial charge in [-0.2, -0.15) is 0 Å². The van der Waals surface area contributed by atoms with E-state index in [4.69, 9.17) is 11.6 Å². The van der Waals surface area contributed by atoms with Gasteiger partial charge >= 0.3 is 0 Å². The number of anilines is 2. The zero-order valence-electron chi connectivity index (χ0n) is 12.1. The number of nitrogens with one attached hydrogen (secondary N) is 1. The van der Waals surface area contributed by atoms with Crippen LogP contribution in [0.3, 0.4) is 0 Å². The van der Waals surface area contributed by atoms with E-state index in [2.05, 4.69) is 10.3 Å². The number of benzene rings is 1. The first kappa shape index (κ1) is 15.8. The molecule has 0 spiro atoms. The lowest BCUT2D eigenvalue weighted by molar-refractivity contribution is 0.102. The highest BCUT2D eigenvalue weighted by molar-refractivity contribution is 7.93. The maximum Gasteiger partial charge on any atom is 0.255 e. The molecule has 0 saturated carbocycles. The van der Waals surface area contributed by atoms with Crippen LogP contribution in [0.4, 0.5) is 11.4 Å². The molecule has 3 rings (SSSR count). The van der Waals surface area contributed by atoms with Crippen LogP contribution in [0.1, 0.15) is 16.8 Å². The topological polar surface area (TPSA) is 79.4 Å². The third-order valence-electron chi connectivity index (χ3n) is 3.53. The molecule has 120 valence electrons. The molecule has 0 bridgehead atoms. The molecular weight excluding hydrogens is 338 g/mol. The van der Waals surface area contributed by atoms with Crippen LogP contribution in [0.5, 0.6) is 0 Å². The predicted molar refractivity (Wildman–Crippen MR) is 89.4 cm³/mol. The molecule has 1 amide bonds. The van der Waals surface area contributed by atoms with Crippen molar-refractivity contribution in [3.05, 3.63) is 53.3 Å². The Morgan fingerprint density at radius 1 is 1.22 bits per heavy atom. The second kappa shape index (κ2) is 6.17. The minimum atomic E-state index is -3.28. The van der Waals surface area contributed by atoms with Crippen molar-refractivity contribution in [3.63, 3.8) is 0 Å². The molecule has 8 heteroatoms. The second-order valence-electron chi connectivity index (χ2n) is 5.10. The van der Waals surface area contributed by atoms with Crippen LogP contribution in [0.2, 0.25) is 5.02 Å². The summed E-state index contributed by atoms with van der Waals surface area (Å²) in [7, 11) is -3.28. The number of amides is 1. The van der Waals surface area contributed by atoms with E-state index in [1.807, 2.05) is 0 Å². The highest BCUT2D eigenvalue weighted by Gasteiger charge is 2.28. The third-order valence-corrected chi connectivity index (χ3v) is 5.73. The van der Waals surface area contributed by atoms with Crippen LogP contribution in [0.25, 0.3) is 0 Å². The lowest BCUT2D eigenvalue weighted by Crippen LogP contribution is -2.25. The third kappa shape index (κ3) is 3.30. The van der Waals surface area contributed by atoms with Crippen LogP contribution in [0, 0.1) is 0 Å². The molecule has 1 fully saturated rings. The maximum absolute atomic E-state index is 12.2. The standard InChI is InChI=1S/C15H14ClN3O3S/c16-13-3-2-12(19-8-1-9-23(19,21)22)10-14(13)18-15(20)11-4-6-17-7-5-11/h2-7,10H,1,8-9H2,(H,18,20). The van der Waals surface area contributed by atoms with E-state index in [1.165, 1.54) is 16.7 Å². The molecule has 0 unspecified atom stereocenters. The molecule has 0 aliphatic carbocycles. The molecule has 1 N–H and O–H groups in total. The number of halogens is 1. The Labute approximate surface area is 139 Å². The Bertz CT molecular complexity index is 840. The Kier molecular flexibility index (Phi) is 4.23. The average Bonchev–Trinajstić information content (AvgIpc) is 2.90. The summed E-state index contributed by atoms with van der Waals surface area (Å²) in [5.74, 6) is -0.204. The Morgan fingerprint density at radius 3 is 2.61 bits per heavy atom. The fraction of sp³-hybridized carbons (Fsp3) is 0.200. The first-order valence-electron chi connectivity index (χ1n) is 6.99. The summed E-state index contributed by atoms with van der Waals surface area (Å²) in [6.07, 6.45) is 3.62. The van der Waals surface area contributed by atoms with Gasteiger partial charge in [0.25, 0.3) is 5.91 Å². The van der Waals surface area contributed by atoms with Crippen molar-refractivity contribution >= 4 is 38.9 Å². The number of hydrogen-bond donors (Lipinski definition) is 1. The summed E-state index contributed by atoms with van der Waals surface area (Å²) >= 11 is 6.11. The van der Waals surface area contributed by atoms with Crippen molar-refractivity contribution in [2.24, 2.45) is 0 Å². The van der Waals surface area contributed by atoms with Crippen molar-refractivity contribution in [2.45, 2.75) is 6.42 Å². The largest absolute Gasteiger partial charge is 0.321 e. The van der Waals surface area contributed by atoms with E-state index >= 15 is 0 Å². The summed E-state index contributed by atoms with van der Waals surface area (Å²) in [6, 6.07) is 7.94. The van der Waals surface area contributed by atoms with Gasteiger partial charge in [0.15, 0.2) is 0 Å². The summed E-state index contributed by atoms with van der Waals surface area (Å²) in [5, 5.41) is 3.04. The monoisotopic (exact) mass is 351 g/mol. The second-order valence-corrected chi connectivity index (χ2v) is 7.52. The number of aromatic nitrogens is 1. The van der Waals surface area contributed by atoms with Crippen molar-refractivity contribution in [3.8, 4) is 0 Å². The predicted octanol–water partition coefficient (Wildman–Crippen LogP) is 2.53. The number of nitrogens with zero attached hydrogens (tertiary/aromatic N) is 2. The highest BCUT2D eigenvalue weighted by atomic mass is 35.5. The average molecular weight is 352 g/mol. The first-order chi connectivity index (χ1) is 11.0. The lowest BCUT2D eigenvalue weighted by atomic mass is 10.2. The van der Waals surface area contributed by atoms with Gasteiger partial charge < -0.3 is 5.32 Å². The van der Waals surface area contributed by atoms with Gasteiger partial charge in [0, 0.05) is 24.5 Å². The molecule has 1 aliphatic rings. The molecule has 1 aromatic heterocycles. The van der Waals surface area contributed by atoms with Crippen molar-refractivity contribution in [1.29, 1.82) is 0 Å². The van der Waals surface area contributed by atoms with Gasteiger partial charge in [-0.15, -0.1) is 0 Å². The number of carbonyl (C=O) groups excluding carboxylic acids is 1. The smallest absolute Gasteiger partial charge is 0.255 e. The van der Waals surface area contributed by atoms with Gasteiger partial charge in [-0.3, -0.25) is 14.1 Å². The van der Waals surface area contributed by atoms with Crippen molar-refractivity contribution in [2.75, 3.05) is 21.9 Å². The first-order valence-corrected chi connectivity index (χ1v) is 8.97. The van der Waals surface area contributed by atoms with E-state index in [0.29, 0.717) is 34.9 Å². The van der Waals surface area contributed by atoms with Gasteiger partial charge in [0.05, 0.1) is 22.2 Å². The number of sulfonamides is 1. The normalized spacial score (nSPS) is 16.3. The number of carbonyl (C=O) groups is 1. The van der Waals surface area contributed by atoms with Gasteiger partial charge in [0.2, 0.25) is 10.0 Å². The van der Waals surface area contributed by atoms with Crippen LogP contribution in [-0.4, -0.2) is 31.6 Å².